The Hall–Kier alpha value is -1.22. The van der Waals surface area contributed by atoms with Crippen LogP contribution in [-0.4, -0.2) is 16.8 Å². The molecule has 0 aliphatic carbocycles. The van der Waals surface area contributed by atoms with Gasteiger partial charge in [-0.1, -0.05) is 0 Å². The molecule has 0 amide bonds. The summed E-state index contributed by atoms with van der Waals surface area (Å²) < 4.78 is 0. The largest absolute Gasteiger partial charge is 0.508 e. The van der Waals surface area contributed by atoms with E-state index < -0.39 is 0 Å². The Balaban J connectivity index is 3.23. The van der Waals surface area contributed by atoms with Gasteiger partial charge in [0.2, 0.25) is 0 Å². The fraction of sp³-hybridized carbons (Fsp3) is 0.222. The fourth-order valence-electron chi connectivity index (χ4n) is 1.03. The van der Waals surface area contributed by atoms with E-state index in [0.29, 0.717) is 11.1 Å². The summed E-state index contributed by atoms with van der Waals surface area (Å²) in [4.78, 5) is 11.2. The van der Waals surface area contributed by atoms with Crippen LogP contribution < -0.4 is 5.73 Å². The summed E-state index contributed by atoms with van der Waals surface area (Å²) in [7, 11) is 0. The van der Waals surface area contributed by atoms with Crippen LogP contribution in [0.5, 0.6) is 5.75 Å². The molecule has 0 saturated carbocycles. The highest BCUT2D eigenvalue weighted by atomic mass is 35.5. The molecule has 0 spiro atoms. The van der Waals surface area contributed by atoms with Crippen molar-refractivity contribution in [2.24, 2.45) is 0 Å². The van der Waals surface area contributed by atoms with E-state index in [1.54, 1.807) is 6.92 Å². The number of aryl methyl sites for hydroxylation is 1. The fourth-order valence-corrected chi connectivity index (χ4v) is 1.17. The molecule has 0 unspecified atom stereocenters. The smallest absolute Gasteiger partial charge is 0.179 e. The summed E-state index contributed by atoms with van der Waals surface area (Å²) in [6.07, 6.45) is 0. The lowest BCUT2D eigenvalue weighted by Gasteiger charge is -2.05. The van der Waals surface area contributed by atoms with Crippen molar-refractivity contribution in [2.45, 2.75) is 6.92 Å². The van der Waals surface area contributed by atoms with Gasteiger partial charge in [0.25, 0.3) is 0 Å². The molecule has 0 aliphatic heterocycles. The monoisotopic (exact) mass is 199 g/mol. The molecule has 1 aromatic carbocycles. The molecule has 3 N–H and O–H groups in total. The molecule has 0 fully saturated rings. The Labute approximate surface area is 81.1 Å². The van der Waals surface area contributed by atoms with Crippen LogP contribution in [0.15, 0.2) is 12.1 Å². The maximum absolute atomic E-state index is 11.2. The third-order valence-corrected chi connectivity index (χ3v) is 2.03. The van der Waals surface area contributed by atoms with Crippen molar-refractivity contribution in [1.29, 1.82) is 0 Å². The predicted octanol–water partition coefficient (Wildman–Crippen LogP) is 1.70. The van der Waals surface area contributed by atoms with E-state index in [4.69, 9.17) is 17.3 Å². The molecule has 13 heavy (non-hydrogen) atoms. The highest BCUT2D eigenvalue weighted by molar-refractivity contribution is 6.31. The van der Waals surface area contributed by atoms with Crippen molar-refractivity contribution in [3.05, 3.63) is 23.3 Å². The van der Waals surface area contributed by atoms with Crippen molar-refractivity contribution in [3.8, 4) is 5.75 Å². The lowest BCUT2D eigenvalue weighted by atomic mass is 10.1. The Morgan fingerprint density at radius 2 is 2.23 bits per heavy atom. The van der Waals surface area contributed by atoms with Crippen LogP contribution in [0, 0.1) is 6.92 Å². The minimum absolute atomic E-state index is 0.0867. The van der Waals surface area contributed by atoms with E-state index in [1.165, 1.54) is 12.1 Å². The quantitative estimate of drug-likeness (QED) is 0.433. The summed E-state index contributed by atoms with van der Waals surface area (Å²) in [5.74, 6) is -0.250. The number of halogens is 1. The van der Waals surface area contributed by atoms with Crippen LogP contribution >= 0.6 is 11.6 Å². The average Bonchev–Trinajstić information content (AvgIpc) is 2.10. The van der Waals surface area contributed by atoms with Gasteiger partial charge in [0.05, 0.1) is 5.88 Å². The number of carbonyl (C=O) groups is 1. The van der Waals surface area contributed by atoms with Crippen LogP contribution in [0.2, 0.25) is 0 Å². The van der Waals surface area contributed by atoms with Gasteiger partial charge in [-0.05, 0) is 18.6 Å². The molecule has 70 valence electrons. The Morgan fingerprint density at radius 3 is 2.77 bits per heavy atom. The van der Waals surface area contributed by atoms with E-state index in [0.717, 1.165) is 0 Å². The van der Waals surface area contributed by atoms with Gasteiger partial charge in [-0.3, -0.25) is 4.79 Å². The van der Waals surface area contributed by atoms with Crippen LogP contribution in [0.3, 0.4) is 0 Å². The Kier molecular flexibility index (Phi) is 2.78. The summed E-state index contributed by atoms with van der Waals surface area (Å²) in [5, 5.41) is 9.25. The number of nitrogens with two attached hydrogens (primary N) is 1. The summed E-state index contributed by atoms with van der Waals surface area (Å²) >= 11 is 5.38. The highest BCUT2D eigenvalue weighted by Crippen LogP contribution is 2.23. The first kappa shape index (κ1) is 9.86. The van der Waals surface area contributed by atoms with Gasteiger partial charge in [0.1, 0.15) is 5.75 Å². The van der Waals surface area contributed by atoms with Crippen molar-refractivity contribution in [2.75, 3.05) is 11.6 Å². The van der Waals surface area contributed by atoms with Gasteiger partial charge in [0, 0.05) is 17.3 Å². The third kappa shape index (κ3) is 1.92. The molecule has 0 atom stereocenters. The van der Waals surface area contributed by atoms with Gasteiger partial charge < -0.3 is 10.8 Å². The molecule has 0 radical (unpaired) electrons. The molecule has 0 aliphatic rings. The number of anilines is 1. The zero-order chi connectivity index (χ0) is 10.0. The van der Waals surface area contributed by atoms with E-state index in [2.05, 4.69) is 0 Å². The first-order valence-corrected chi connectivity index (χ1v) is 4.28. The number of hydrogen-bond donors (Lipinski definition) is 2. The first-order valence-electron chi connectivity index (χ1n) is 3.74. The minimum Gasteiger partial charge on any atom is -0.508 e. The van der Waals surface area contributed by atoms with Crippen molar-refractivity contribution in [1.82, 2.24) is 0 Å². The van der Waals surface area contributed by atoms with Crippen LogP contribution in [0.4, 0.5) is 5.69 Å². The van der Waals surface area contributed by atoms with Crippen molar-refractivity contribution in [3.63, 3.8) is 0 Å². The number of hydrogen-bond acceptors (Lipinski definition) is 3. The molecule has 0 heterocycles. The van der Waals surface area contributed by atoms with E-state index in [9.17, 15) is 9.90 Å². The second-order valence-electron chi connectivity index (χ2n) is 2.78. The number of nitrogen functional groups attached to an aromatic ring is 1. The zero-order valence-corrected chi connectivity index (χ0v) is 7.93. The maximum atomic E-state index is 11.2. The minimum atomic E-state index is -0.234. The van der Waals surface area contributed by atoms with Crippen molar-refractivity contribution < 1.29 is 9.90 Å². The molecule has 0 bridgehead atoms. The molecular formula is C9H10ClNO2. The zero-order valence-electron chi connectivity index (χ0n) is 7.17. The number of rotatable bonds is 2. The molecule has 1 aromatic rings. The lowest BCUT2D eigenvalue weighted by Crippen LogP contribution is -2.05. The SMILES string of the molecule is Cc1cc(C(=O)CCl)c(N)cc1O. The third-order valence-electron chi connectivity index (χ3n) is 1.79. The first-order chi connectivity index (χ1) is 6.06. The standard InChI is InChI=1S/C9H10ClNO2/c1-5-2-6(9(13)4-10)7(11)3-8(5)12/h2-3,12H,4,11H2,1H3. The second-order valence-corrected chi connectivity index (χ2v) is 3.05. The normalized spacial score (nSPS) is 10.0. The molecule has 0 saturated heterocycles. The maximum Gasteiger partial charge on any atom is 0.179 e. The molecule has 3 nitrogen and oxygen atoms in total. The number of benzene rings is 1. The van der Waals surface area contributed by atoms with E-state index in [1.807, 2.05) is 0 Å². The van der Waals surface area contributed by atoms with Gasteiger partial charge in [-0.2, -0.15) is 0 Å². The van der Waals surface area contributed by atoms with Crippen LogP contribution in [0.1, 0.15) is 15.9 Å². The van der Waals surface area contributed by atoms with Gasteiger partial charge >= 0.3 is 0 Å². The molecule has 1 rings (SSSR count). The predicted molar refractivity (Wildman–Crippen MR) is 52.3 cm³/mol. The summed E-state index contributed by atoms with van der Waals surface area (Å²) in [6, 6.07) is 2.89. The van der Waals surface area contributed by atoms with E-state index >= 15 is 0 Å². The topological polar surface area (TPSA) is 63.3 Å². The van der Waals surface area contributed by atoms with Crippen molar-refractivity contribution >= 4 is 23.1 Å². The molecule has 0 aromatic heterocycles. The number of Topliss-reactive ketones (excluding diaryl/α,β-unsaturated/α-hetero) is 1. The number of aromatic hydroxyl groups is 1. The lowest BCUT2D eigenvalue weighted by molar-refractivity contribution is 0.102. The Bertz CT molecular complexity index is 350. The van der Waals surface area contributed by atoms with Gasteiger partial charge in [-0.25, -0.2) is 0 Å². The number of phenolic OH excluding ortho intramolecular Hbond substituents is 1. The highest BCUT2D eigenvalue weighted by Gasteiger charge is 2.10. The summed E-state index contributed by atoms with van der Waals surface area (Å²) in [5.41, 5.74) is 6.76. The summed E-state index contributed by atoms with van der Waals surface area (Å²) in [6.45, 7) is 1.69. The van der Waals surface area contributed by atoms with Crippen LogP contribution in [-0.2, 0) is 0 Å². The number of ketones is 1. The number of phenols is 1. The van der Waals surface area contributed by atoms with Gasteiger partial charge in [0.15, 0.2) is 5.78 Å². The number of carbonyl (C=O) groups excluding carboxylic acids is 1. The van der Waals surface area contributed by atoms with Gasteiger partial charge in [-0.15, -0.1) is 11.6 Å². The Morgan fingerprint density at radius 1 is 1.62 bits per heavy atom. The van der Waals surface area contributed by atoms with Crippen LogP contribution in [0.25, 0.3) is 0 Å². The second kappa shape index (κ2) is 3.66. The molecule has 4 heteroatoms. The number of alkyl halides is 1. The molecular weight excluding hydrogens is 190 g/mol. The van der Waals surface area contributed by atoms with E-state index in [-0.39, 0.29) is 23.1 Å². The average molecular weight is 200 g/mol.